The lowest BCUT2D eigenvalue weighted by Crippen LogP contribution is -2.50. The van der Waals surface area contributed by atoms with Crippen LogP contribution in [-0.4, -0.2) is 36.1 Å². The first-order chi connectivity index (χ1) is 9.58. The third-order valence-corrected chi connectivity index (χ3v) is 2.49. The van der Waals surface area contributed by atoms with Crippen LogP contribution >= 0.6 is 0 Å². The van der Waals surface area contributed by atoms with Gasteiger partial charge in [0, 0.05) is 5.92 Å². The van der Waals surface area contributed by atoms with Crippen molar-refractivity contribution in [2.24, 2.45) is 5.92 Å². The van der Waals surface area contributed by atoms with Crippen LogP contribution in [0.4, 0.5) is 4.79 Å². The molecule has 0 aliphatic heterocycles. The molecular formula is C15H27NO5. The molecule has 1 N–H and O–H groups in total. The predicted molar refractivity (Wildman–Crippen MR) is 78.9 cm³/mol. The standard InChI is InChI=1S/C15H27NO5/c1-7-8-9-20-13(18)11(12(17)10(2)3)16-14(19)21-15(4,5)6/h10-11H,7-9H2,1-6H3,(H,16,19). The van der Waals surface area contributed by atoms with Crippen LogP contribution in [0.2, 0.25) is 0 Å². The van der Waals surface area contributed by atoms with Crippen molar-refractivity contribution in [1.29, 1.82) is 0 Å². The van der Waals surface area contributed by atoms with Crippen molar-refractivity contribution in [3.05, 3.63) is 0 Å². The highest BCUT2D eigenvalue weighted by atomic mass is 16.6. The minimum Gasteiger partial charge on any atom is -0.464 e. The second-order valence-electron chi connectivity index (χ2n) is 6.16. The number of Topliss-reactive ketones (excluding diaryl/α,β-unsaturated/α-hetero) is 1. The van der Waals surface area contributed by atoms with Gasteiger partial charge in [-0.05, 0) is 27.2 Å². The highest BCUT2D eigenvalue weighted by molar-refractivity contribution is 6.05. The minimum atomic E-state index is -1.32. The fourth-order valence-electron chi connectivity index (χ4n) is 1.41. The van der Waals surface area contributed by atoms with E-state index in [-0.39, 0.29) is 6.61 Å². The molecule has 0 saturated carbocycles. The normalized spacial score (nSPS) is 12.7. The summed E-state index contributed by atoms with van der Waals surface area (Å²) < 4.78 is 10.1. The molecule has 0 saturated heterocycles. The Labute approximate surface area is 126 Å². The Morgan fingerprint density at radius 2 is 1.71 bits per heavy atom. The SMILES string of the molecule is CCCCOC(=O)C(NC(=O)OC(C)(C)C)C(=O)C(C)C. The molecule has 6 nitrogen and oxygen atoms in total. The summed E-state index contributed by atoms with van der Waals surface area (Å²) in [5.41, 5.74) is -0.707. The number of carbonyl (C=O) groups is 3. The van der Waals surface area contributed by atoms with Crippen LogP contribution in [-0.2, 0) is 19.1 Å². The van der Waals surface area contributed by atoms with E-state index in [2.05, 4.69) is 5.32 Å². The number of hydrogen-bond acceptors (Lipinski definition) is 5. The van der Waals surface area contributed by atoms with E-state index in [1.165, 1.54) is 0 Å². The Bertz CT molecular complexity index is 371. The molecule has 0 aliphatic carbocycles. The van der Waals surface area contributed by atoms with E-state index in [0.717, 1.165) is 6.42 Å². The van der Waals surface area contributed by atoms with E-state index >= 15 is 0 Å². The van der Waals surface area contributed by atoms with Crippen molar-refractivity contribution in [3.63, 3.8) is 0 Å². The Balaban J connectivity index is 4.78. The van der Waals surface area contributed by atoms with E-state index in [0.29, 0.717) is 6.42 Å². The third-order valence-electron chi connectivity index (χ3n) is 2.49. The second kappa shape index (κ2) is 8.64. The van der Waals surface area contributed by atoms with Crippen LogP contribution in [0.15, 0.2) is 0 Å². The van der Waals surface area contributed by atoms with Crippen molar-refractivity contribution >= 4 is 17.8 Å². The summed E-state index contributed by atoms with van der Waals surface area (Å²) in [6, 6.07) is -1.32. The molecule has 0 fully saturated rings. The molecule has 1 unspecified atom stereocenters. The van der Waals surface area contributed by atoms with Gasteiger partial charge in [0.1, 0.15) is 5.60 Å². The molecule has 0 aromatic rings. The zero-order valence-corrected chi connectivity index (χ0v) is 13.8. The highest BCUT2D eigenvalue weighted by Gasteiger charge is 2.32. The van der Waals surface area contributed by atoms with Crippen LogP contribution in [0.3, 0.4) is 0 Å². The second-order valence-corrected chi connectivity index (χ2v) is 6.16. The zero-order valence-electron chi connectivity index (χ0n) is 13.8. The summed E-state index contributed by atoms with van der Waals surface area (Å²) in [6.07, 6.45) is 0.769. The monoisotopic (exact) mass is 301 g/mol. The van der Waals surface area contributed by atoms with Crippen molar-refractivity contribution in [1.82, 2.24) is 5.32 Å². The molecule has 1 atom stereocenters. The van der Waals surface area contributed by atoms with Gasteiger partial charge in [-0.15, -0.1) is 0 Å². The van der Waals surface area contributed by atoms with Gasteiger partial charge in [-0.2, -0.15) is 0 Å². The molecule has 0 radical (unpaired) electrons. The summed E-state index contributed by atoms with van der Waals surface area (Å²) >= 11 is 0. The number of alkyl carbamates (subject to hydrolysis) is 1. The molecule has 0 bridgehead atoms. The molecule has 1 amide bonds. The van der Waals surface area contributed by atoms with Crippen molar-refractivity contribution in [3.8, 4) is 0 Å². The van der Waals surface area contributed by atoms with Crippen molar-refractivity contribution in [2.45, 2.75) is 66.0 Å². The van der Waals surface area contributed by atoms with E-state index in [1.807, 2.05) is 6.92 Å². The van der Waals surface area contributed by atoms with Crippen molar-refractivity contribution in [2.75, 3.05) is 6.61 Å². The molecule has 0 heterocycles. The summed E-state index contributed by atoms with van der Waals surface area (Å²) in [7, 11) is 0. The minimum absolute atomic E-state index is 0.229. The molecule has 0 aromatic carbocycles. The van der Waals surface area contributed by atoms with Crippen molar-refractivity contribution < 1.29 is 23.9 Å². The summed E-state index contributed by atoms with van der Waals surface area (Å²) in [6.45, 7) is 10.6. The van der Waals surface area contributed by atoms with Crippen LogP contribution in [0.5, 0.6) is 0 Å². The van der Waals surface area contributed by atoms with E-state index in [1.54, 1.807) is 34.6 Å². The van der Waals surface area contributed by atoms with Gasteiger partial charge in [-0.25, -0.2) is 9.59 Å². The number of nitrogens with one attached hydrogen (secondary N) is 1. The molecule has 122 valence electrons. The van der Waals surface area contributed by atoms with E-state index in [9.17, 15) is 14.4 Å². The van der Waals surface area contributed by atoms with Gasteiger partial charge < -0.3 is 14.8 Å². The first kappa shape index (κ1) is 19.4. The van der Waals surface area contributed by atoms with Gasteiger partial charge >= 0.3 is 12.1 Å². The number of carbonyl (C=O) groups excluding carboxylic acids is 3. The van der Waals surface area contributed by atoms with Gasteiger partial charge in [-0.3, -0.25) is 4.79 Å². The van der Waals surface area contributed by atoms with Gasteiger partial charge in [-0.1, -0.05) is 27.2 Å². The Hall–Kier alpha value is -1.59. The fraction of sp³-hybridized carbons (Fsp3) is 0.800. The number of rotatable bonds is 7. The molecular weight excluding hydrogens is 274 g/mol. The Kier molecular flexibility index (Phi) is 7.99. The first-order valence-electron chi connectivity index (χ1n) is 7.28. The van der Waals surface area contributed by atoms with Crippen LogP contribution in [0.25, 0.3) is 0 Å². The lowest BCUT2D eigenvalue weighted by molar-refractivity contribution is -0.150. The Morgan fingerprint density at radius 1 is 1.14 bits per heavy atom. The number of ether oxygens (including phenoxy) is 2. The van der Waals surface area contributed by atoms with Crippen LogP contribution in [0, 0.1) is 5.92 Å². The molecule has 0 spiro atoms. The van der Waals surface area contributed by atoms with Crippen LogP contribution < -0.4 is 5.32 Å². The maximum atomic E-state index is 12.0. The van der Waals surface area contributed by atoms with Gasteiger partial charge in [0.05, 0.1) is 6.61 Å². The smallest absolute Gasteiger partial charge is 0.408 e. The quantitative estimate of drug-likeness (QED) is 0.444. The number of esters is 1. The number of ketones is 1. The lowest BCUT2D eigenvalue weighted by Gasteiger charge is -2.23. The van der Waals surface area contributed by atoms with E-state index < -0.39 is 35.4 Å². The van der Waals surface area contributed by atoms with Gasteiger partial charge in [0.25, 0.3) is 0 Å². The van der Waals surface area contributed by atoms with Crippen LogP contribution in [0.1, 0.15) is 54.4 Å². The lowest BCUT2D eigenvalue weighted by atomic mass is 10.0. The predicted octanol–water partition coefficient (Wildman–Crippen LogP) is 2.45. The molecule has 6 heteroatoms. The molecule has 0 aliphatic rings. The highest BCUT2D eigenvalue weighted by Crippen LogP contribution is 2.09. The molecule has 21 heavy (non-hydrogen) atoms. The van der Waals surface area contributed by atoms with Gasteiger partial charge in [0.15, 0.2) is 11.8 Å². The third kappa shape index (κ3) is 8.32. The largest absolute Gasteiger partial charge is 0.464 e. The molecule has 0 rings (SSSR count). The van der Waals surface area contributed by atoms with E-state index in [4.69, 9.17) is 9.47 Å². The maximum Gasteiger partial charge on any atom is 0.408 e. The molecule has 0 aromatic heterocycles. The summed E-state index contributed by atoms with van der Waals surface area (Å²) in [5.74, 6) is -1.54. The summed E-state index contributed by atoms with van der Waals surface area (Å²) in [5, 5.41) is 2.30. The number of hydrogen-bond donors (Lipinski definition) is 1. The Morgan fingerprint density at radius 3 is 2.14 bits per heavy atom. The number of unbranched alkanes of at least 4 members (excludes halogenated alkanes) is 1. The summed E-state index contributed by atoms with van der Waals surface area (Å²) in [4.78, 5) is 35.7. The number of amides is 1. The topological polar surface area (TPSA) is 81.7 Å². The first-order valence-corrected chi connectivity index (χ1v) is 7.28. The average Bonchev–Trinajstić information content (AvgIpc) is 2.33. The maximum absolute atomic E-state index is 12.0. The van der Waals surface area contributed by atoms with Gasteiger partial charge in [0.2, 0.25) is 0 Å². The fourth-order valence-corrected chi connectivity index (χ4v) is 1.41. The average molecular weight is 301 g/mol. The zero-order chi connectivity index (χ0) is 16.6.